The summed E-state index contributed by atoms with van der Waals surface area (Å²) in [6.45, 7) is 6.33. The van der Waals surface area contributed by atoms with Crippen molar-refractivity contribution in [2.75, 3.05) is 13.2 Å². The fraction of sp³-hybridized carbons (Fsp3) is 0.648. The van der Waals surface area contributed by atoms with Crippen molar-refractivity contribution in [1.29, 1.82) is 0 Å². The normalized spacial score (nSPS) is 13.0. The van der Waals surface area contributed by atoms with E-state index in [4.69, 9.17) is 14.2 Å². The van der Waals surface area contributed by atoms with Gasteiger partial charge in [-0.25, -0.2) is 0 Å². The van der Waals surface area contributed by atoms with E-state index in [9.17, 15) is 14.4 Å². The van der Waals surface area contributed by atoms with Gasteiger partial charge >= 0.3 is 17.9 Å². The second-order valence-corrected chi connectivity index (χ2v) is 20.5. The summed E-state index contributed by atoms with van der Waals surface area (Å²) in [5, 5.41) is 0. The summed E-state index contributed by atoms with van der Waals surface area (Å²) in [5.74, 6) is -0.920. The molecule has 0 aliphatic rings. The first-order chi connectivity index (χ1) is 38.0. The molecule has 0 bridgehead atoms. The fourth-order valence-electron chi connectivity index (χ4n) is 8.44. The Hall–Kier alpha value is -4.45. The molecule has 6 heteroatoms. The molecule has 0 aromatic heterocycles. The Balaban J connectivity index is 4.39. The van der Waals surface area contributed by atoms with Crippen LogP contribution in [0.3, 0.4) is 0 Å². The molecule has 0 aromatic rings. The molecule has 436 valence electrons. The Morgan fingerprint density at radius 3 is 0.792 bits per heavy atom. The quantitative estimate of drug-likeness (QED) is 0.0261. The Morgan fingerprint density at radius 2 is 0.506 bits per heavy atom. The van der Waals surface area contributed by atoms with Gasteiger partial charge in [0.25, 0.3) is 0 Å². The van der Waals surface area contributed by atoms with Crippen LogP contribution in [-0.2, 0) is 28.6 Å². The summed E-state index contributed by atoms with van der Waals surface area (Å²) in [6.07, 6.45) is 90.2. The predicted molar refractivity (Wildman–Crippen MR) is 334 cm³/mol. The van der Waals surface area contributed by atoms with Crippen LogP contribution in [-0.4, -0.2) is 37.2 Å². The van der Waals surface area contributed by atoms with Gasteiger partial charge in [-0.1, -0.05) is 264 Å². The van der Waals surface area contributed by atoms with Crippen molar-refractivity contribution >= 4 is 17.9 Å². The first-order valence-corrected chi connectivity index (χ1v) is 31.7. The molecular formula is C71H116O6. The van der Waals surface area contributed by atoms with Crippen LogP contribution in [0.5, 0.6) is 0 Å². The van der Waals surface area contributed by atoms with Gasteiger partial charge in [0, 0.05) is 19.3 Å². The van der Waals surface area contributed by atoms with Crippen LogP contribution in [0, 0.1) is 0 Å². The fourth-order valence-corrected chi connectivity index (χ4v) is 8.44. The van der Waals surface area contributed by atoms with Crippen molar-refractivity contribution in [2.45, 2.75) is 284 Å². The number of carbonyl (C=O) groups is 3. The van der Waals surface area contributed by atoms with Gasteiger partial charge in [-0.05, 0) is 128 Å². The summed E-state index contributed by atoms with van der Waals surface area (Å²) in [4.78, 5) is 38.3. The van der Waals surface area contributed by atoms with Crippen LogP contribution >= 0.6 is 0 Å². The zero-order valence-corrected chi connectivity index (χ0v) is 49.9. The van der Waals surface area contributed by atoms with Crippen molar-refractivity contribution in [1.82, 2.24) is 0 Å². The largest absolute Gasteiger partial charge is 0.462 e. The molecule has 6 nitrogen and oxygen atoms in total. The number of ether oxygens (including phenoxy) is 3. The van der Waals surface area contributed by atoms with Crippen molar-refractivity contribution < 1.29 is 28.6 Å². The highest BCUT2D eigenvalue weighted by Crippen LogP contribution is 2.15. The number of hydrogen-bond donors (Lipinski definition) is 0. The van der Waals surface area contributed by atoms with E-state index >= 15 is 0 Å². The third-order valence-electron chi connectivity index (χ3n) is 13.1. The summed E-state index contributed by atoms with van der Waals surface area (Å²) in [7, 11) is 0. The van der Waals surface area contributed by atoms with Crippen molar-refractivity contribution in [3.8, 4) is 0 Å². The van der Waals surface area contributed by atoms with Crippen molar-refractivity contribution in [2.24, 2.45) is 0 Å². The number of carbonyl (C=O) groups excluding carboxylic acids is 3. The van der Waals surface area contributed by atoms with Crippen LogP contribution in [0.15, 0.2) is 134 Å². The molecule has 0 saturated carbocycles. The molecule has 0 rings (SSSR count). The second-order valence-electron chi connectivity index (χ2n) is 20.5. The monoisotopic (exact) mass is 1060 g/mol. The molecule has 0 aromatic carbocycles. The Bertz CT molecular complexity index is 1650. The number of hydrogen-bond acceptors (Lipinski definition) is 6. The number of rotatable bonds is 56. The highest BCUT2D eigenvalue weighted by Gasteiger charge is 2.19. The first kappa shape index (κ1) is 72.5. The summed E-state index contributed by atoms with van der Waals surface area (Å²) in [5.41, 5.74) is 0. The van der Waals surface area contributed by atoms with Gasteiger partial charge < -0.3 is 14.2 Å². The van der Waals surface area contributed by atoms with Gasteiger partial charge in [0.15, 0.2) is 6.10 Å². The topological polar surface area (TPSA) is 78.9 Å². The third-order valence-corrected chi connectivity index (χ3v) is 13.1. The molecule has 0 aliphatic carbocycles. The lowest BCUT2D eigenvalue weighted by molar-refractivity contribution is -0.167. The summed E-state index contributed by atoms with van der Waals surface area (Å²) >= 11 is 0. The minimum Gasteiger partial charge on any atom is -0.462 e. The van der Waals surface area contributed by atoms with E-state index in [0.717, 1.165) is 154 Å². The van der Waals surface area contributed by atoms with Crippen LogP contribution in [0.25, 0.3) is 0 Å². The molecule has 77 heavy (non-hydrogen) atoms. The molecule has 0 aliphatic heterocycles. The minimum absolute atomic E-state index is 0.0936. The molecule has 0 N–H and O–H groups in total. The lowest BCUT2D eigenvalue weighted by Gasteiger charge is -2.18. The molecule has 0 spiro atoms. The Morgan fingerprint density at radius 1 is 0.273 bits per heavy atom. The average Bonchev–Trinajstić information content (AvgIpc) is 3.43. The van der Waals surface area contributed by atoms with E-state index in [-0.39, 0.29) is 31.1 Å². The maximum absolute atomic E-state index is 12.9. The Labute approximate surface area is 475 Å². The number of esters is 3. The van der Waals surface area contributed by atoms with Gasteiger partial charge in [0.1, 0.15) is 13.2 Å². The Kier molecular flexibility index (Phi) is 60.4. The van der Waals surface area contributed by atoms with Gasteiger partial charge in [0.05, 0.1) is 0 Å². The maximum Gasteiger partial charge on any atom is 0.306 e. The minimum atomic E-state index is -0.797. The highest BCUT2D eigenvalue weighted by atomic mass is 16.6. The maximum atomic E-state index is 12.9. The van der Waals surface area contributed by atoms with Crippen molar-refractivity contribution in [3.63, 3.8) is 0 Å². The van der Waals surface area contributed by atoms with Gasteiger partial charge in [-0.15, -0.1) is 0 Å². The molecule has 0 fully saturated rings. The van der Waals surface area contributed by atoms with E-state index in [0.29, 0.717) is 19.3 Å². The van der Waals surface area contributed by atoms with Crippen LogP contribution in [0.1, 0.15) is 278 Å². The van der Waals surface area contributed by atoms with E-state index in [2.05, 4.69) is 154 Å². The molecule has 0 amide bonds. The van der Waals surface area contributed by atoms with Crippen LogP contribution in [0.2, 0.25) is 0 Å². The molecule has 0 saturated heterocycles. The molecular weight excluding hydrogens is 949 g/mol. The predicted octanol–water partition coefficient (Wildman–Crippen LogP) is 21.8. The van der Waals surface area contributed by atoms with E-state index in [1.165, 1.54) is 83.5 Å². The summed E-state index contributed by atoms with van der Waals surface area (Å²) < 4.78 is 16.9. The summed E-state index contributed by atoms with van der Waals surface area (Å²) in [6, 6.07) is 0. The lowest BCUT2D eigenvalue weighted by Crippen LogP contribution is -2.30. The molecule has 1 atom stereocenters. The van der Waals surface area contributed by atoms with E-state index in [1.54, 1.807) is 0 Å². The zero-order valence-electron chi connectivity index (χ0n) is 49.9. The van der Waals surface area contributed by atoms with E-state index in [1.807, 2.05) is 0 Å². The van der Waals surface area contributed by atoms with E-state index < -0.39 is 6.10 Å². The van der Waals surface area contributed by atoms with Crippen LogP contribution < -0.4 is 0 Å². The van der Waals surface area contributed by atoms with Gasteiger partial charge in [-0.3, -0.25) is 14.4 Å². The standard InChI is InChI=1S/C71H116O6/c1-4-7-10-13-16-19-22-25-27-29-31-33-35-37-39-41-43-46-49-52-55-58-61-64-70(73)76-67-68(66-75-69(72)63-60-57-54-51-48-45-24-21-18-15-12-9-6-3)77-71(74)65-62-59-56-53-50-47-44-42-40-38-36-34-32-30-28-26-23-20-17-14-11-8-5-2/h7-8,10-12,15-17,19-21,24-28,31-34,37,39,68H,4-6,9,13-14,18,22-23,29-30,35-36,38,40-67H2,1-3H3/b10-7-,11-8-,15-12-,19-16-,20-17-,24-21-,27-25-,28-26-,33-31-,34-32-,39-37-. The van der Waals surface area contributed by atoms with Gasteiger partial charge in [0.2, 0.25) is 0 Å². The molecule has 0 radical (unpaired) electrons. The van der Waals surface area contributed by atoms with Gasteiger partial charge in [-0.2, -0.15) is 0 Å². The number of unbranched alkanes of at least 4 members (excludes halogenated alkanes) is 23. The molecule has 1 unspecified atom stereocenters. The second kappa shape index (κ2) is 64.1. The zero-order chi connectivity index (χ0) is 55.7. The SMILES string of the molecule is CC/C=C\C/C=C\C/C=C\C/C=C\C/C=C\CCCCCCCCCC(=O)OCC(COC(=O)CCCCCCC/C=C\C/C=C\CCC)OC(=O)CCCCCCCCCCCC/C=C\C/C=C\C/C=C\C/C=C\CC. The smallest absolute Gasteiger partial charge is 0.306 e. The number of allylic oxidation sites excluding steroid dienone is 22. The van der Waals surface area contributed by atoms with Crippen molar-refractivity contribution in [3.05, 3.63) is 134 Å². The lowest BCUT2D eigenvalue weighted by atomic mass is 10.0. The first-order valence-electron chi connectivity index (χ1n) is 31.7. The molecule has 0 heterocycles. The highest BCUT2D eigenvalue weighted by molar-refractivity contribution is 5.71. The average molecular weight is 1070 g/mol. The van der Waals surface area contributed by atoms with Crippen LogP contribution in [0.4, 0.5) is 0 Å². The third kappa shape index (κ3) is 62.3.